The monoisotopic (exact) mass is 464 g/mol. The number of rotatable bonds is 5. The van der Waals surface area contributed by atoms with Crippen molar-refractivity contribution in [2.45, 2.75) is 12.6 Å². The zero-order chi connectivity index (χ0) is 23.1. The molecule has 166 valence electrons. The van der Waals surface area contributed by atoms with Crippen LogP contribution >= 0.6 is 11.3 Å². The Morgan fingerprint density at radius 2 is 1.85 bits per heavy atom. The lowest BCUT2D eigenvalue weighted by atomic mass is 9.99. The Labute approximate surface area is 199 Å². The summed E-state index contributed by atoms with van der Waals surface area (Å²) in [4.78, 5) is 35.8. The Kier molecular flexibility index (Phi) is 4.96. The predicted molar refractivity (Wildman–Crippen MR) is 134 cm³/mol. The fourth-order valence-electron chi connectivity index (χ4n) is 4.53. The minimum absolute atomic E-state index is 0.147. The van der Waals surface area contributed by atoms with Gasteiger partial charge in [-0.2, -0.15) is 0 Å². The maximum absolute atomic E-state index is 13.4. The molecule has 0 bridgehead atoms. The van der Waals surface area contributed by atoms with Crippen molar-refractivity contribution in [3.8, 4) is 11.1 Å². The summed E-state index contributed by atoms with van der Waals surface area (Å²) in [5.41, 5.74) is 5.52. The summed E-state index contributed by atoms with van der Waals surface area (Å²) in [6.45, 7) is 0.360. The van der Waals surface area contributed by atoms with Gasteiger partial charge >= 0.3 is 0 Å². The molecule has 7 heteroatoms. The molecule has 6 rings (SSSR count). The number of thiazole rings is 1. The van der Waals surface area contributed by atoms with Crippen LogP contribution in [0, 0.1) is 0 Å². The summed E-state index contributed by atoms with van der Waals surface area (Å²) in [6.07, 6.45) is 3.56. The van der Waals surface area contributed by atoms with Crippen LogP contribution in [-0.4, -0.2) is 26.7 Å². The zero-order valence-corrected chi connectivity index (χ0v) is 18.9. The van der Waals surface area contributed by atoms with Crippen LogP contribution in [0.1, 0.15) is 27.5 Å². The van der Waals surface area contributed by atoms with Crippen molar-refractivity contribution in [1.82, 2.24) is 14.9 Å². The SMILES string of the molecule is O=C(Nc1nccs1)C(c1ccccc1)N1Cc2cc(-c3ccc4[nH]ccc4c3)ccc2C1=O. The fraction of sp³-hybridized carbons (Fsp3) is 0.0741. The molecule has 2 aromatic heterocycles. The highest BCUT2D eigenvalue weighted by molar-refractivity contribution is 7.13. The van der Waals surface area contributed by atoms with E-state index in [9.17, 15) is 9.59 Å². The van der Waals surface area contributed by atoms with Gasteiger partial charge in [0.15, 0.2) is 5.13 Å². The lowest BCUT2D eigenvalue weighted by Gasteiger charge is -2.27. The van der Waals surface area contributed by atoms with Gasteiger partial charge in [0.1, 0.15) is 6.04 Å². The van der Waals surface area contributed by atoms with Crippen LogP contribution < -0.4 is 5.32 Å². The second-order valence-electron chi connectivity index (χ2n) is 8.22. The molecule has 1 unspecified atom stereocenters. The molecule has 2 N–H and O–H groups in total. The van der Waals surface area contributed by atoms with E-state index in [4.69, 9.17) is 0 Å². The standard InChI is InChI=1S/C27H20N4O2S/c32-25(30-27-29-12-13-34-27)24(17-4-2-1-3-5-17)31-16-21-15-18(6-8-22(21)26(31)33)19-7-9-23-20(14-19)10-11-28-23/h1-15,24,28H,16H2,(H,29,30,32). The Balaban J connectivity index is 1.34. The molecule has 0 radical (unpaired) electrons. The van der Waals surface area contributed by atoms with Gasteiger partial charge in [-0.1, -0.05) is 42.5 Å². The Morgan fingerprint density at radius 1 is 1.03 bits per heavy atom. The molecule has 0 aliphatic carbocycles. The summed E-state index contributed by atoms with van der Waals surface area (Å²) < 4.78 is 0. The van der Waals surface area contributed by atoms with Crippen LogP contribution in [0.5, 0.6) is 0 Å². The van der Waals surface area contributed by atoms with Crippen molar-refractivity contribution in [2.24, 2.45) is 0 Å². The van der Waals surface area contributed by atoms with Crippen molar-refractivity contribution in [3.63, 3.8) is 0 Å². The second kappa shape index (κ2) is 8.28. The molecule has 3 heterocycles. The van der Waals surface area contributed by atoms with Gasteiger partial charge in [0, 0.05) is 35.4 Å². The van der Waals surface area contributed by atoms with Gasteiger partial charge in [-0.3, -0.25) is 14.9 Å². The number of anilines is 1. The van der Waals surface area contributed by atoms with E-state index in [0.717, 1.165) is 33.2 Å². The number of hydrogen-bond acceptors (Lipinski definition) is 4. The van der Waals surface area contributed by atoms with Crippen LogP contribution in [0.25, 0.3) is 22.0 Å². The highest BCUT2D eigenvalue weighted by Crippen LogP contribution is 2.35. The topological polar surface area (TPSA) is 78.1 Å². The molecule has 5 aromatic rings. The predicted octanol–water partition coefficient (Wildman–Crippen LogP) is 5.63. The van der Waals surface area contributed by atoms with E-state index in [1.54, 1.807) is 16.5 Å². The summed E-state index contributed by atoms with van der Waals surface area (Å²) in [5, 5.41) is 6.32. The average molecular weight is 465 g/mol. The first-order valence-corrected chi connectivity index (χ1v) is 11.8. The molecule has 2 amide bonds. The van der Waals surface area contributed by atoms with Gasteiger partial charge in [0.25, 0.3) is 11.8 Å². The molecule has 0 fully saturated rings. The van der Waals surface area contributed by atoms with Gasteiger partial charge in [0.2, 0.25) is 0 Å². The van der Waals surface area contributed by atoms with Gasteiger partial charge in [-0.05, 0) is 58.0 Å². The smallest absolute Gasteiger partial charge is 0.255 e. The largest absolute Gasteiger partial charge is 0.361 e. The molecular formula is C27H20N4O2S. The minimum atomic E-state index is -0.760. The molecule has 1 aliphatic heterocycles. The van der Waals surface area contributed by atoms with E-state index in [1.807, 2.05) is 54.7 Å². The van der Waals surface area contributed by atoms with E-state index in [-0.39, 0.29) is 11.8 Å². The minimum Gasteiger partial charge on any atom is -0.361 e. The molecule has 0 spiro atoms. The number of nitrogens with one attached hydrogen (secondary N) is 2. The molecule has 0 saturated heterocycles. The quantitative estimate of drug-likeness (QED) is 0.354. The third-order valence-corrected chi connectivity index (χ3v) is 6.85. The first-order chi connectivity index (χ1) is 16.7. The van der Waals surface area contributed by atoms with Gasteiger partial charge in [-0.25, -0.2) is 4.98 Å². The maximum Gasteiger partial charge on any atom is 0.255 e. The summed E-state index contributed by atoms with van der Waals surface area (Å²) >= 11 is 1.35. The number of carbonyl (C=O) groups is 2. The molecule has 1 aliphatic rings. The number of amides is 2. The molecule has 0 saturated carbocycles. The van der Waals surface area contributed by atoms with Crippen LogP contribution in [-0.2, 0) is 11.3 Å². The normalized spacial score (nSPS) is 13.8. The first-order valence-electron chi connectivity index (χ1n) is 10.9. The summed E-state index contributed by atoms with van der Waals surface area (Å²) in [7, 11) is 0. The van der Waals surface area contributed by atoms with E-state index >= 15 is 0 Å². The highest BCUT2D eigenvalue weighted by Gasteiger charge is 2.37. The summed E-state index contributed by atoms with van der Waals surface area (Å²) in [5.74, 6) is -0.425. The molecule has 1 atom stereocenters. The fourth-order valence-corrected chi connectivity index (χ4v) is 5.06. The van der Waals surface area contributed by atoms with Crippen LogP contribution in [0.3, 0.4) is 0 Å². The first kappa shape index (κ1) is 20.4. The maximum atomic E-state index is 13.4. The van der Waals surface area contributed by atoms with Crippen molar-refractivity contribution >= 4 is 39.2 Å². The van der Waals surface area contributed by atoms with Gasteiger partial charge in [-0.15, -0.1) is 11.3 Å². The average Bonchev–Trinajstić information content (AvgIpc) is 3.61. The van der Waals surface area contributed by atoms with Crippen molar-refractivity contribution in [1.29, 1.82) is 0 Å². The second-order valence-corrected chi connectivity index (χ2v) is 9.12. The van der Waals surface area contributed by atoms with Crippen LogP contribution in [0.2, 0.25) is 0 Å². The number of nitrogens with zero attached hydrogens (tertiary/aromatic N) is 2. The third-order valence-electron chi connectivity index (χ3n) is 6.16. The van der Waals surface area contributed by atoms with Crippen LogP contribution in [0.15, 0.2) is 90.6 Å². The zero-order valence-electron chi connectivity index (χ0n) is 18.1. The number of carbonyl (C=O) groups excluding carboxylic acids is 2. The number of benzene rings is 3. The van der Waals surface area contributed by atoms with Crippen molar-refractivity contribution in [2.75, 3.05) is 5.32 Å². The van der Waals surface area contributed by atoms with Gasteiger partial charge in [0.05, 0.1) is 0 Å². The molecule has 34 heavy (non-hydrogen) atoms. The number of hydrogen-bond donors (Lipinski definition) is 2. The lowest BCUT2D eigenvalue weighted by Crippen LogP contribution is -2.37. The van der Waals surface area contributed by atoms with E-state index < -0.39 is 6.04 Å². The van der Waals surface area contributed by atoms with E-state index in [1.165, 1.54) is 11.3 Å². The third kappa shape index (κ3) is 3.56. The molecule has 3 aromatic carbocycles. The number of fused-ring (bicyclic) bond motifs is 2. The highest BCUT2D eigenvalue weighted by atomic mass is 32.1. The summed E-state index contributed by atoms with van der Waals surface area (Å²) in [6, 6.07) is 22.9. The van der Waals surface area contributed by atoms with Crippen molar-refractivity contribution in [3.05, 3.63) is 107 Å². The lowest BCUT2D eigenvalue weighted by molar-refractivity contribution is -0.120. The van der Waals surface area contributed by atoms with Crippen molar-refractivity contribution < 1.29 is 9.59 Å². The molecule has 6 nitrogen and oxygen atoms in total. The number of aromatic amines is 1. The Bertz CT molecular complexity index is 1510. The number of aromatic nitrogens is 2. The Morgan fingerprint density at radius 3 is 2.68 bits per heavy atom. The number of H-pyrrole nitrogens is 1. The molecular weight excluding hydrogens is 444 g/mol. The van der Waals surface area contributed by atoms with Gasteiger partial charge < -0.3 is 9.88 Å². The van der Waals surface area contributed by atoms with Crippen LogP contribution in [0.4, 0.5) is 5.13 Å². The van der Waals surface area contributed by atoms with E-state index in [2.05, 4.69) is 39.6 Å². The Hall–Kier alpha value is -4.23. The van der Waals surface area contributed by atoms with E-state index in [0.29, 0.717) is 17.2 Å².